The van der Waals surface area contributed by atoms with Crippen LogP contribution in [0.4, 0.5) is 4.79 Å². The highest BCUT2D eigenvalue weighted by molar-refractivity contribution is 9.10. The van der Waals surface area contributed by atoms with Crippen LogP contribution in [0.1, 0.15) is 38.7 Å². The van der Waals surface area contributed by atoms with Gasteiger partial charge in [-0.05, 0) is 38.8 Å². The first-order valence-electron chi connectivity index (χ1n) is 6.11. The van der Waals surface area contributed by atoms with E-state index in [0.29, 0.717) is 5.92 Å². The second-order valence-electron chi connectivity index (χ2n) is 5.62. The van der Waals surface area contributed by atoms with E-state index < -0.39 is 5.60 Å². The first-order valence-corrected chi connectivity index (χ1v) is 6.90. The van der Waals surface area contributed by atoms with Crippen molar-refractivity contribution in [3.63, 3.8) is 0 Å². The number of carbonyl (C=O) groups is 1. The zero-order chi connectivity index (χ0) is 13.3. The molecule has 0 aliphatic heterocycles. The average molecular weight is 312 g/mol. The van der Waals surface area contributed by atoms with Crippen LogP contribution in [0.2, 0.25) is 0 Å². The highest BCUT2D eigenvalue weighted by Gasteiger charge is 2.41. The minimum Gasteiger partial charge on any atom is -0.444 e. The van der Waals surface area contributed by atoms with Crippen molar-refractivity contribution in [1.82, 2.24) is 5.32 Å². The first-order chi connectivity index (χ1) is 8.37. The van der Waals surface area contributed by atoms with Crippen LogP contribution in [0.25, 0.3) is 0 Å². The number of nitrogens with one attached hydrogen (secondary N) is 1. The van der Waals surface area contributed by atoms with Gasteiger partial charge in [0.25, 0.3) is 0 Å². The fraction of sp³-hybridized carbons (Fsp3) is 0.500. The van der Waals surface area contributed by atoms with Crippen LogP contribution in [-0.2, 0) is 4.74 Å². The Morgan fingerprint density at radius 1 is 1.39 bits per heavy atom. The van der Waals surface area contributed by atoms with E-state index in [0.717, 1.165) is 10.9 Å². The molecule has 1 N–H and O–H groups in total. The molecular weight excluding hydrogens is 294 g/mol. The van der Waals surface area contributed by atoms with Crippen molar-refractivity contribution < 1.29 is 9.53 Å². The summed E-state index contributed by atoms with van der Waals surface area (Å²) in [7, 11) is 0. The minimum absolute atomic E-state index is 0.193. The number of amides is 1. The maximum Gasteiger partial charge on any atom is 0.407 e. The Morgan fingerprint density at radius 3 is 2.67 bits per heavy atom. The van der Waals surface area contributed by atoms with Gasteiger partial charge in [0.1, 0.15) is 5.60 Å². The largest absolute Gasteiger partial charge is 0.444 e. The lowest BCUT2D eigenvalue weighted by molar-refractivity contribution is 0.0523. The Hall–Kier alpha value is -1.03. The van der Waals surface area contributed by atoms with Gasteiger partial charge in [-0.2, -0.15) is 0 Å². The van der Waals surface area contributed by atoms with Crippen LogP contribution in [0.15, 0.2) is 28.7 Å². The molecule has 1 aliphatic carbocycles. The van der Waals surface area contributed by atoms with E-state index in [4.69, 9.17) is 4.74 Å². The fourth-order valence-electron chi connectivity index (χ4n) is 1.93. The number of carbonyl (C=O) groups excluding carboxylic acids is 1. The second kappa shape index (κ2) is 4.92. The van der Waals surface area contributed by atoms with Crippen LogP contribution < -0.4 is 5.32 Å². The van der Waals surface area contributed by atoms with Gasteiger partial charge in [-0.1, -0.05) is 34.1 Å². The van der Waals surface area contributed by atoms with E-state index in [9.17, 15) is 4.79 Å². The van der Waals surface area contributed by atoms with Crippen LogP contribution in [0.3, 0.4) is 0 Å². The van der Waals surface area contributed by atoms with E-state index in [2.05, 4.69) is 27.3 Å². The summed E-state index contributed by atoms with van der Waals surface area (Å²) in [6.07, 6.45) is 0.643. The maximum atomic E-state index is 11.6. The monoisotopic (exact) mass is 311 g/mol. The Labute approximate surface area is 116 Å². The molecule has 0 radical (unpaired) electrons. The molecule has 3 nitrogen and oxygen atoms in total. The van der Waals surface area contributed by atoms with Crippen LogP contribution in [0.5, 0.6) is 0 Å². The SMILES string of the molecule is CC(C)(C)OC(=O)N[C@@H]1C[C@H]1c1ccccc1Br. The Kier molecular flexibility index (Phi) is 3.66. The van der Waals surface area contributed by atoms with Gasteiger partial charge in [0.15, 0.2) is 0 Å². The molecule has 0 unspecified atom stereocenters. The average Bonchev–Trinajstić information content (AvgIpc) is 2.94. The van der Waals surface area contributed by atoms with E-state index >= 15 is 0 Å². The fourth-order valence-corrected chi connectivity index (χ4v) is 2.51. The smallest absolute Gasteiger partial charge is 0.407 e. The summed E-state index contributed by atoms with van der Waals surface area (Å²) in [5.74, 6) is 0.396. The van der Waals surface area contributed by atoms with E-state index in [1.807, 2.05) is 39.0 Å². The van der Waals surface area contributed by atoms with Crippen molar-refractivity contribution in [3.8, 4) is 0 Å². The predicted molar refractivity (Wildman–Crippen MR) is 74.7 cm³/mol. The summed E-state index contributed by atoms with van der Waals surface area (Å²) >= 11 is 3.54. The quantitative estimate of drug-likeness (QED) is 0.901. The van der Waals surface area contributed by atoms with Gasteiger partial charge in [-0.25, -0.2) is 4.79 Å². The number of hydrogen-bond acceptors (Lipinski definition) is 2. The molecule has 0 saturated heterocycles. The molecule has 1 aromatic rings. The standard InChI is InChI=1S/C14H18BrNO2/c1-14(2,3)18-13(17)16-12-8-10(12)9-6-4-5-7-11(9)15/h4-7,10,12H,8H2,1-3H3,(H,16,17)/t10-,12+/m0/s1. The third kappa shape index (κ3) is 3.48. The molecular formula is C14H18BrNO2. The van der Waals surface area contributed by atoms with E-state index in [-0.39, 0.29) is 12.1 Å². The topological polar surface area (TPSA) is 38.3 Å². The summed E-state index contributed by atoms with van der Waals surface area (Å²) in [6.45, 7) is 5.60. The molecule has 0 bridgehead atoms. The zero-order valence-electron chi connectivity index (χ0n) is 10.9. The molecule has 1 saturated carbocycles. The number of halogens is 1. The second-order valence-corrected chi connectivity index (χ2v) is 6.47. The molecule has 1 amide bonds. The number of alkyl carbamates (subject to hydrolysis) is 1. The highest BCUT2D eigenvalue weighted by Crippen LogP contribution is 2.43. The van der Waals surface area contributed by atoms with E-state index in [1.165, 1.54) is 5.56 Å². The zero-order valence-corrected chi connectivity index (χ0v) is 12.5. The van der Waals surface area contributed by atoms with Gasteiger partial charge in [-0.3, -0.25) is 0 Å². The molecule has 0 heterocycles. The van der Waals surface area contributed by atoms with Gasteiger partial charge in [-0.15, -0.1) is 0 Å². The normalized spacial score (nSPS) is 22.4. The predicted octanol–water partition coefficient (Wildman–Crippen LogP) is 3.83. The Balaban J connectivity index is 1.89. The molecule has 2 rings (SSSR count). The lowest BCUT2D eigenvalue weighted by Crippen LogP contribution is -2.34. The molecule has 0 aromatic heterocycles. The molecule has 0 spiro atoms. The molecule has 18 heavy (non-hydrogen) atoms. The van der Waals surface area contributed by atoms with Crippen molar-refractivity contribution in [2.24, 2.45) is 0 Å². The Bertz CT molecular complexity index is 453. The van der Waals surface area contributed by atoms with Crippen molar-refractivity contribution in [1.29, 1.82) is 0 Å². The summed E-state index contributed by atoms with van der Waals surface area (Å²) in [5, 5.41) is 2.90. The van der Waals surface area contributed by atoms with Crippen LogP contribution in [-0.4, -0.2) is 17.7 Å². The van der Waals surface area contributed by atoms with Crippen LogP contribution in [0, 0.1) is 0 Å². The minimum atomic E-state index is -0.443. The van der Waals surface area contributed by atoms with Crippen molar-refractivity contribution >= 4 is 22.0 Å². The third-order valence-electron chi connectivity index (χ3n) is 2.80. The van der Waals surface area contributed by atoms with Crippen molar-refractivity contribution in [2.75, 3.05) is 0 Å². The maximum absolute atomic E-state index is 11.6. The summed E-state index contributed by atoms with van der Waals surface area (Å²) in [6, 6.07) is 8.32. The van der Waals surface area contributed by atoms with E-state index in [1.54, 1.807) is 0 Å². The van der Waals surface area contributed by atoms with Crippen LogP contribution >= 0.6 is 15.9 Å². The lowest BCUT2D eigenvalue weighted by Gasteiger charge is -2.19. The van der Waals surface area contributed by atoms with Gasteiger partial charge in [0, 0.05) is 16.4 Å². The molecule has 1 aromatic carbocycles. The first kappa shape index (κ1) is 13.4. The third-order valence-corrected chi connectivity index (χ3v) is 3.52. The highest BCUT2D eigenvalue weighted by atomic mass is 79.9. The molecule has 1 aliphatic rings. The van der Waals surface area contributed by atoms with Crippen molar-refractivity contribution in [2.45, 2.75) is 44.8 Å². The molecule has 4 heteroatoms. The molecule has 1 fully saturated rings. The summed E-state index contributed by atoms with van der Waals surface area (Å²) in [4.78, 5) is 11.6. The molecule has 98 valence electrons. The number of benzene rings is 1. The number of ether oxygens (including phenoxy) is 1. The van der Waals surface area contributed by atoms with Gasteiger partial charge in [0.2, 0.25) is 0 Å². The molecule has 2 atom stereocenters. The van der Waals surface area contributed by atoms with Gasteiger partial charge in [0.05, 0.1) is 0 Å². The van der Waals surface area contributed by atoms with Gasteiger partial charge < -0.3 is 10.1 Å². The summed E-state index contributed by atoms with van der Waals surface area (Å²) in [5.41, 5.74) is 0.806. The lowest BCUT2D eigenvalue weighted by atomic mass is 10.1. The van der Waals surface area contributed by atoms with Crippen molar-refractivity contribution in [3.05, 3.63) is 34.3 Å². The number of rotatable bonds is 2. The Morgan fingerprint density at radius 2 is 2.06 bits per heavy atom. The van der Waals surface area contributed by atoms with Gasteiger partial charge >= 0.3 is 6.09 Å². The number of hydrogen-bond donors (Lipinski definition) is 1. The summed E-state index contributed by atoms with van der Waals surface area (Å²) < 4.78 is 6.34.